The molecule has 4 atom stereocenters. The highest BCUT2D eigenvalue weighted by Crippen LogP contribution is 2.45. The van der Waals surface area contributed by atoms with Gasteiger partial charge in [-0.3, -0.25) is 9.59 Å². The Bertz CT molecular complexity index is 1690. The molecule has 40 heavy (non-hydrogen) atoms. The highest BCUT2D eigenvalue weighted by molar-refractivity contribution is 5.95. The summed E-state index contributed by atoms with van der Waals surface area (Å²) in [7, 11) is 0. The van der Waals surface area contributed by atoms with Gasteiger partial charge in [-0.1, -0.05) is 24.3 Å². The zero-order valence-corrected chi connectivity index (χ0v) is 21.4. The predicted molar refractivity (Wildman–Crippen MR) is 138 cm³/mol. The first-order valence-electron chi connectivity index (χ1n) is 13.6. The third-order valence-electron chi connectivity index (χ3n) is 9.40. The molecule has 0 saturated carbocycles. The number of H-pyrrole nitrogens is 2. The Morgan fingerprint density at radius 3 is 1.52 bits per heavy atom. The summed E-state index contributed by atoms with van der Waals surface area (Å²) in [5.41, 5.74) is 7.34. The van der Waals surface area contributed by atoms with Crippen molar-refractivity contribution in [3.05, 3.63) is 58.9 Å². The molecule has 202 valence electrons. The maximum Gasteiger partial charge on any atom is 0.223 e. The van der Waals surface area contributed by atoms with Crippen LogP contribution in [0.15, 0.2) is 36.4 Å². The zero-order valence-electron chi connectivity index (χ0n) is 21.4. The molecule has 0 bridgehead atoms. The Hall–Kier alpha value is -4.60. The Balaban J connectivity index is 1.19. The second kappa shape index (κ2) is 7.97. The van der Waals surface area contributed by atoms with Gasteiger partial charge in [0.25, 0.3) is 0 Å². The van der Waals surface area contributed by atoms with Crippen molar-refractivity contribution in [1.82, 2.24) is 19.8 Å². The van der Waals surface area contributed by atoms with Crippen LogP contribution in [-0.2, 0) is 32.0 Å². The maximum absolute atomic E-state index is 12.5. The van der Waals surface area contributed by atoms with Gasteiger partial charge in [-0.25, -0.2) is 0 Å². The number of hydrogen-bond acceptors (Lipinski definition) is 6. The average molecular weight is 537 g/mol. The van der Waals surface area contributed by atoms with Crippen LogP contribution in [0.5, 0.6) is 0 Å². The van der Waals surface area contributed by atoms with Gasteiger partial charge in [0.15, 0.2) is 0 Å². The van der Waals surface area contributed by atoms with Crippen molar-refractivity contribution in [2.45, 2.75) is 62.7 Å². The molecule has 2 N–H and O–H groups in total. The van der Waals surface area contributed by atoms with Gasteiger partial charge >= 0.3 is 0 Å². The number of carboxylic acid groups (broad SMARTS) is 2. The molecule has 0 unspecified atom stereocenters. The second-order valence-corrected chi connectivity index (χ2v) is 11.3. The van der Waals surface area contributed by atoms with Crippen LogP contribution in [0, 0.1) is 0 Å². The number of aromatic nitrogens is 2. The molecule has 0 aliphatic carbocycles. The van der Waals surface area contributed by atoms with Crippen LogP contribution in [-0.4, -0.2) is 55.6 Å². The number of carboxylic acids is 2. The summed E-state index contributed by atoms with van der Waals surface area (Å²) in [6.45, 7) is 0. The van der Waals surface area contributed by atoms with Crippen LogP contribution in [0.4, 0.5) is 0 Å². The third-order valence-corrected chi connectivity index (χ3v) is 9.40. The van der Waals surface area contributed by atoms with Gasteiger partial charge in [0, 0.05) is 58.9 Å². The quantitative estimate of drug-likeness (QED) is 0.398. The first kappa shape index (κ1) is 23.3. The number of carbonyl (C=O) groups excluding carboxylic acids is 4. The van der Waals surface area contributed by atoms with Crippen LogP contribution >= 0.6 is 0 Å². The number of aliphatic carboxylic acids is 2. The van der Waals surface area contributed by atoms with Crippen LogP contribution < -0.4 is 10.2 Å². The van der Waals surface area contributed by atoms with Crippen molar-refractivity contribution < 1.29 is 29.4 Å². The van der Waals surface area contributed by atoms with Crippen molar-refractivity contribution in [3.63, 3.8) is 0 Å². The molecule has 2 fully saturated rings. The molecule has 4 aliphatic rings. The average Bonchev–Trinajstić information content (AvgIpc) is 3.70. The Kier molecular flexibility index (Phi) is 4.64. The summed E-state index contributed by atoms with van der Waals surface area (Å²) in [5.74, 6) is -2.76. The molecule has 2 saturated heterocycles. The monoisotopic (exact) mass is 536 g/mol. The fourth-order valence-corrected chi connectivity index (χ4v) is 7.65. The lowest BCUT2D eigenvalue weighted by atomic mass is 9.91. The summed E-state index contributed by atoms with van der Waals surface area (Å²) in [6.07, 6.45) is 2.23. The molecule has 6 heterocycles. The van der Waals surface area contributed by atoms with Crippen LogP contribution in [0.25, 0.3) is 32.9 Å². The molecule has 2 amide bonds. The van der Waals surface area contributed by atoms with Crippen LogP contribution in [0.1, 0.15) is 60.3 Å². The van der Waals surface area contributed by atoms with Crippen molar-refractivity contribution in [1.29, 1.82) is 0 Å². The fraction of sp³-hybridized carbons (Fsp3) is 0.333. The minimum absolute atomic E-state index is 0.151. The lowest BCUT2D eigenvalue weighted by molar-refractivity contribution is -0.313. The maximum atomic E-state index is 12.5. The van der Waals surface area contributed by atoms with E-state index in [2.05, 4.69) is 9.97 Å². The standard InChI is InChI=1S/C30H26N4O6/c35-25-7-5-21-27-17(11-23(29(37)38)33(21)25)15-3-1-13(9-19(15)31-27)14-2-4-16-18-12-24(30(39)40)34-22(6-8-26(34)36)28(18)32-20(16)10-14/h1-4,9-10,21-24,31-32H,5-8,11-12H2,(H,37,38)(H,39,40)/p-2/t21-,22+,23-,24-/m1/s1. The van der Waals surface area contributed by atoms with Crippen molar-refractivity contribution in [2.24, 2.45) is 0 Å². The number of fused-ring (bicyclic) bond motifs is 10. The largest absolute Gasteiger partial charge is 0.548 e. The van der Waals surface area contributed by atoms with Crippen LogP contribution in [0.3, 0.4) is 0 Å². The number of rotatable bonds is 3. The molecule has 4 aromatic rings. The molecule has 10 heteroatoms. The Labute approximate surface area is 227 Å². The van der Waals surface area contributed by atoms with E-state index in [4.69, 9.17) is 0 Å². The van der Waals surface area contributed by atoms with E-state index in [1.165, 1.54) is 9.80 Å². The predicted octanol–water partition coefficient (Wildman–Crippen LogP) is 0.992. The summed E-state index contributed by atoms with van der Waals surface area (Å²) < 4.78 is 0. The van der Waals surface area contributed by atoms with Gasteiger partial charge in [-0.2, -0.15) is 0 Å². The van der Waals surface area contributed by atoms with Gasteiger partial charge in [0.2, 0.25) is 11.8 Å². The number of hydrogen-bond donors (Lipinski definition) is 2. The molecule has 2 aromatic carbocycles. The third kappa shape index (κ3) is 3.04. The fourth-order valence-electron chi connectivity index (χ4n) is 7.65. The second-order valence-electron chi connectivity index (χ2n) is 11.3. The van der Waals surface area contributed by atoms with E-state index in [9.17, 15) is 29.4 Å². The number of benzene rings is 2. The van der Waals surface area contributed by atoms with Crippen LogP contribution in [0.2, 0.25) is 0 Å². The molecule has 0 radical (unpaired) electrons. The molecule has 4 aliphatic heterocycles. The lowest BCUT2D eigenvalue weighted by Gasteiger charge is -2.38. The molecule has 10 nitrogen and oxygen atoms in total. The van der Waals surface area contributed by atoms with Crippen molar-refractivity contribution >= 4 is 45.6 Å². The molecular formula is C30H24N4O6-2. The van der Waals surface area contributed by atoms with E-state index >= 15 is 0 Å². The molecule has 2 aromatic heterocycles. The number of amides is 2. The highest BCUT2D eigenvalue weighted by Gasteiger charge is 2.45. The van der Waals surface area contributed by atoms with Gasteiger partial charge in [-0.05, 0) is 47.2 Å². The SMILES string of the molecule is O=C([O-])[C@H]1Cc2c([nH]c3cc(-c4ccc5c6c([nH]c5c4)[C@@H]4CCC(=O)N4[C@@H](C(=O)[O-])C6)ccc23)[C@H]2CCC(=O)N12. The molecular weight excluding hydrogens is 512 g/mol. The minimum Gasteiger partial charge on any atom is -0.548 e. The first-order valence-corrected chi connectivity index (χ1v) is 13.6. The Morgan fingerprint density at radius 1 is 0.700 bits per heavy atom. The smallest absolute Gasteiger partial charge is 0.223 e. The highest BCUT2D eigenvalue weighted by atomic mass is 16.4. The van der Waals surface area contributed by atoms with E-state index in [0.717, 1.165) is 55.4 Å². The van der Waals surface area contributed by atoms with Crippen molar-refractivity contribution in [3.8, 4) is 11.1 Å². The van der Waals surface area contributed by atoms with Gasteiger partial charge < -0.3 is 39.6 Å². The number of aromatic amines is 2. The lowest BCUT2D eigenvalue weighted by Crippen LogP contribution is -2.52. The summed E-state index contributed by atoms with van der Waals surface area (Å²) in [6, 6.07) is 9.57. The summed E-state index contributed by atoms with van der Waals surface area (Å²) in [5, 5.41) is 25.7. The van der Waals surface area contributed by atoms with E-state index < -0.39 is 24.0 Å². The first-order chi connectivity index (χ1) is 19.3. The topological polar surface area (TPSA) is 152 Å². The summed E-state index contributed by atoms with van der Waals surface area (Å²) in [4.78, 5) is 58.6. The van der Waals surface area contributed by atoms with E-state index in [1.807, 2.05) is 36.4 Å². The minimum atomic E-state index is -1.23. The number of nitrogens with one attached hydrogen (secondary N) is 2. The van der Waals surface area contributed by atoms with E-state index in [1.54, 1.807) is 0 Å². The Morgan fingerprint density at radius 2 is 1.12 bits per heavy atom. The normalized spacial score (nSPS) is 25.3. The molecule has 0 spiro atoms. The van der Waals surface area contributed by atoms with E-state index in [-0.39, 0.29) is 36.7 Å². The molecule has 8 rings (SSSR count). The van der Waals surface area contributed by atoms with E-state index in [0.29, 0.717) is 25.7 Å². The number of nitrogens with zero attached hydrogens (tertiary/aromatic N) is 2. The zero-order chi connectivity index (χ0) is 27.4. The number of carbonyl (C=O) groups is 4. The van der Waals surface area contributed by atoms with Crippen molar-refractivity contribution in [2.75, 3.05) is 0 Å². The summed E-state index contributed by atoms with van der Waals surface area (Å²) >= 11 is 0. The van der Waals surface area contributed by atoms with Gasteiger partial charge in [0.1, 0.15) is 0 Å². The van der Waals surface area contributed by atoms with Gasteiger partial charge in [0.05, 0.1) is 36.1 Å². The van der Waals surface area contributed by atoms with Gasteiger partial charge in [-0.15, -0.1) is 0 Å².